The van der Waals surface area contributed by atoms with Gasteiger partial charge in [-0.05, 0) is 31.9 Å². The van der Waals surface area contributed by atoms with Crippen molar-refractivity contribution in [2.24, 2.45) is 10.3 Å². The third-order valence-electron chi connectivity index (χ3n) is 5.20. The van der Waals surface area contributed by atoms with Crippen LogP contribution in [0.4, 0.5) is 23.0 Å². The minimum Gasteiger partial charge on any atom is -0.494 e. The van der Waals surface area contributed by atoms with Gasteiger partial charge in [-0.2, -0.15) is 4.36 Å². The molecule has 0 saturated heterocycles. The molecule has 1 aromatic carbocycles. The largest absolute Gasteiger partial charge is 0.494 e. The lowest BCUT2D eigenvalue weighted by Gasteiger charge is -2.17. The number of aromatic nitrogens is 3. The zero-order chi connectivity index (χ0) is 25.2. The molecular formula is C24H26N6O4S. The van der Waals surface area contributed by atoms with Gasteiger partial charge in [0.2, 0.25) is 5.91 Å². The van der Waals surface area contributed by atoms with Crippen molar-refractivity contribution >= 4 is 44.4 Å². The molecule has 182 valence electrons. The lowest BCUT2D eigenvalue weighted by atomic mass is 10.1. The first-order valence-electron chi connectivity index (χ1n) is 10.9. The van der Waals surface area contributed by atoms with Crippen LogP contribution >= 0.6 is 0 Å². The molecule has 1 aliphatic carbocycles. The summed E-state index contributed by atoms with van der Waals surface area (Å²) in [5.41, 5.74) is 2.62. The summed E-state index contributed by atoms with van der Waals surface area (Å²) in [5.74, 6) is 0.895. The monoisotopic (exact) mass is 494 g/mol. The molecule has 1 aliphatic rings. The van der Waals surface area contributed by atoms with E-state index in [9.17, 15) is 13.8 Å². The van der Waals surface area contributed by atoms with Gasteiger partial charge in [0.1, 0.15) is 5.82 Å². The van der Waals surface area contributed by atoms with E-state index >= 15 is 0 Å². The van der Waals surface area contributed by atoms with Crippen LogP contribution in [0.3, 0.4) is 0 Å². The molecule has 2 aromatic heterocycles. The fourth-order valence-corrected chi connectivity index (χ4v) is 3.96. The number of Topliss-reactive ketones (excluding diaryl/α,β-unsaturated/α-hetero) is 1. The zero-order valence-corrected chi connectivity index (χ0v) is 20.7. The van der Waals surface area contributed by atoms with Crippen LogP contribution in [0.1, 0.15) is 30.1 Å². The highest BCUT2D eigenvalue weighted by molar-refractivity contribution is 7.92. The molecule has 3 aromatic rings. The summed E-state index contributed by atoms with van der Waals surface area (Å²) in [5, 5.41) is 6.05. The van der Waals surface area contributed by atoms with E-state index in [2.05, 4.69) is 29.9 Å². The second kappa shape index (κ2) is 9.79. The molecule has 4 rings (SSSR count). The number of nitrogens with zero attached hydrogens (tertiary/aromatic N) is 4. The number of ether oxygens (including phenoxy) is 1. The number of anilines is 3. The lowest BCUT2D eigenvalue weighted by Crippen LogP contribution is -2.15. The smallest absolute Gasteiger partial charge is 0.228 e. The van der Waals surface area contributed by atoms with Gasteiger partial charge in [0.05, 0.1) is 42.1 Å². The fourth-order valence-electron chi connectivity index (χ4n) is 3.42. The van der Waals surface area contributed by atoms with Crippen LogP contribution in [0.15, 0.2) is 47.2 Å². The third kappa shape index (κ3) is 5.99. The maximum absolute atomic E-state index is 12.2. The molecule has 2 N–H and O–H groups in total. The number of ketones is 1. The van der Waals surface area contributed by atoms with Gasteiger partial charge >= 0.3 is 0 Å². The number of carbonyl (C=O) groups excluding carboxylic acids is 2. The van der Waals surface area contributed by atoms with Crippen LogP contribution in [0.5, 0.6) is 5.75 Å². The van der Waals surface area contributed by atoms with E-state index < -0.39 is 9.73 Å². The van der Waals surface area contributed by atoms with Crippen molar-refractivity contribution in [1.29, 1.82) is 0 Å². The van der Waals surface area contributed by atoms with E-state index in [0.29, 0.717) is 39.8 Å². The Morgan fingerprint density at radius 3 is 2.46 bits per heavy atom. The predicted octanol–water partition coefficient (Wildman–Crippen LogP) is 4.20. The van der Waals surface area contributed by atoms with Gasteiger partial charge < -0.3 is 15.4 Å². The zero-order valence-electron chi connectivity index (χ0n) is 19.9. The first-order valence-corrected chi connectivity index (χ1v) is 13.2. The highest BCUT2D eigenvalue weighted by Gasteiger charge is 2.30. The van der Waals surface area contributed by atoms with Gasteiger partial charge in [-0.15, -0.1) is 0 Å². The number of hydrogen-bond acceptors (Lipinski definition) is 9. The molecule has 11 heteroatoms. The van der Waals surface area contributed by atoms with Crippen molar-refractivity contribution in [1.82, 2.24) is 15.0 Å². The number of amides is 1. The standard InChI is InChI=1S/C24H26N6O4S/c1-14(31)17-11-26-21(29-24(32)15-8-9-15)10-19(17)28-18-7-5-6-16(23(18)34-2)20-12-27-22(13-25-20)30-35(3,4)33/h5-7,10-13,15H,8-9H2,1-4H3,(H2,26,28,29,32). The van der Waals surface area contributed by atoms with E-state index in [-0.39, 0.29) is 23.4 Å². The van der Waals surface area contributed by atoms with E-state index in [1.54, 1.807) is 12.1 Å². The number of rotatable bonds is 8. The number of pyridine rings is 1. The second-order valence-corrected chi connectivity index (χ2v) is 11.0. The molecule has 1 fully saturated rings. The Hall–Kier alpha value is -3.86. The summed E-state index contributed by atoms with van der Waals surface area (Å²) in [6.45, 7) is 1.45. The number of carbonyl (C=O) groups is 2. The van der Waals surface area contributed by atoms with Crippen molar-refractivity contribution in [3.8, 4) is 17.0 Å². The second-order valence-electron chi connectivity index (χ2n) is 8.48. The van der Waals surface area contributed by atoms with Crippen molar-refractivity contribution in [3.05, 3.63) is 48.4 Å². The molecular weight excluding hydrogens is 468 g/mol. The minimum atomic E-state index is -2.35. The Morgan fingerprint density at radius 2 is 1.86 bits per heavy atom. The summed E-state index contributed by atoms with van der Waals surface area (Å²) in [7, 11) is -0.822. The summed E-state index contributed by atoms with van der Waals surface area (Å²) in [4.78, 5) is 37.3. The normalized spacial score (nSPS) is 13.1. The van der Waals surface area contributed by atoms with Crippen LogP contribution in [-0.4, -0.2) is 50.5 Å². The molecule has 0 radical (unpaired) electrons. The van der Waals surface area contributed by atoms with Gasteiger partial charge in [0, 0.05) is 46.0 Å². The minimum absolute atomic E-state index is 0.0267. The van der Waals surface area contributed by atoms with E-state index in [4.69, 9.17) is 4.74 Å². The fraction of sp³-hybridized carbons (Fsp3) is 0.292. The number of nitrogens with one attached hydrogen (secondary N) is 2. The number of hydrogen-bond donors (Lipinski definition) is 2. The van der Waals surface area contributed by atoms with E-state index in [1.807, 2.05) is 12.1 Å². The van der Waals surface area contributed by atoms with E-state index in [1.165, 1.54) is 45.1 Å². The molecule has 0 aliphatic heterocycles. The van der Waals surface area contributed by atoms with Crippen LogP contribution in [0.2, 0.25) is 0 Å². The Labute approximate surface area is 203 Å². The summed E-state index contributed by atoms with van der Waals surface area (Å²) < 4.78 is 21.6. The van der Waals surface area contributed by atoms with Gasteiger partial charge in [0.25, 0.3) is 0 Å². The Bertz CT molecular complexity index is 1400. The summed E-state index contributed by atoms with van der Waals surface area (Å²) in [6, 6.07) is 7.07. The Balaban J connectivity index is 1.68. The Kier molecular flexibility index (Phi) is 6.79. The molecule has 0 bridgehead atoms. The SMILES string of the molecule is COc1c(Nc2cc(NC(=O)C3CC3)ncc2C(C)=O)cccc1-c1cnc(N=S(C)(C)=O)cn1. The maximum atomic E-state index is 12.2. The van der Waals surface area contributed by atoms with Crippen LogP contribution in [0.25, 0.3) is 11.3 Å². The Morgan fingerprint density at radius 1 is 1.09 bits per heavy atom. The highest BCUT2D eigenvalue weighted by atomic mass is 32.2. The quantitative estimate of drug-likeness (QED) is 0.445. The van der Waals surface area contributed by atoms with Gasteiger partial charge in [0.15, 0.2) is 17.4 Å². The molecule has 0 unspecified atom stereocenters. The first-order chi connectivity index (χ1) is 16.6. The topological polar surface area (TPSA) is 136 Å². The van der Waals surface area contributed by atoms with Crippen LogP contribution in [0, 0.1) is 5.92 Å². The van der Waals surface area contributed by atoms with Gasteiger partial charge in [-0.3, -0.25) is 14.6 Å². The maximum Gasteiger partial charge on any atom is 0.228 e. The van der Waals surface area contributed by atoms with Crippen molar-refractivity contribution in [2.45, 2.75) is 19.8 Å². The van der Waals surface area contributed by atoms with Crippen molar-refractivity contribution in [3.63, 3.8) is 0 Å². The molecule has 35 heavy (non-hydrogen) atoms. The number of methoxy groups -OCH3 is 1. The van der Waals surface area contributed by atoms with Crippen LogP contribution < -0.4 is 15.4 Å². The summed E-state index contributed by atoms with van der Waals surface area (Å²) in [6.07, 6.45) is 9.23. The number of para-hydroxylation sites is 1. The van der Waals surface area contributed by atoms with Crippen molar-refractivity contribution < 1.29 is 18.5 Å². The number of benzene rings is 1. The average molecular weight is 495 g/mol. The molecule has 1 amide bonds. The van der Waals surface area contributed by atoms with Gasteiger partial charge in [-0.25, -0.2) is 14.2 Å². The molecule has 2 heterocycles. The van der Waals surface area contributed by atoms with Gasteiger partial charge in [-0.1, -0.05) is 6.07 Å². The van der Waals surface area contributed by atoms with Crippen molar-refractivity contribution in [2.75, 3.05) is 30.3 Å². The van der Waals surface area contributed by atoms with E-state index in [0.717, 1.165) is 12.8 Å². The molecule has 1 saturated carbocycles. The summed E-state index contributed by atoms with van der Waals surface area (Å²) >= 11 is 0. The predicted molar refractivity (Wildman–Crippen MR) is 135 cm³/mol. The lowest BCUT2D eigenvalue weighted by molar-refractivity contribution is -0.117. The average Bonchev–Trinajstić information content (AvgIpc) is 3.64. The first kappa shape index (κ1) is 24.3. The molecule has 0 atom stereocenters. The molecule has 10 nitrogen and oxygen atoms in total. The highest BCUT2D eigenvalue weighted by Crippen LogP contribution is 2.38. The van der Waals surface area contributed by atoms with Crippen LogP contribution in [-0.2, 0) is 14.5 Å². The third-order valence-corrected chi connectivity index (χ3v) is 5.83. The molecule has 0 spiro atoms.